The Morgan fingerprint density at radius 1 is 1.20 bits per heavy atom. The predicted molar refractivity (Wildman–Crippen MR) is 97.2 cm³/mol. The van der Waals surface area contributed by atoms with E-state index in [0.29, 0.717) is 19.5 Å². The fraction of sp³-hybridized carbons (Fsp3) is 0.684. The van der Waals surface area contributed by atoms with Crippen molar-refractivity contribution >= 4 is 23.2 Å². The van der Waals surface area contributed by atoms with Gasteiger partial charge in [-0.05, 0) is 75.0 Å². The summed E-state index contributed by atoms with van der Waals surface area (Å²) >= 11 is 1.58. The third-order valence-electron chi connectivity index (χ3n) is 6.54. The summed E-state index contributed by atoms with van der Waals surface area (Å²) in [5.41, 5.74) is 1.93. The molecule has 5 nitrogen and oxygen atoms in total. The van der Waals surface area contributed by atoms with Crippen LogP contribution in [0.2, 0.25) is 0 Å². The van der Waals surface area contributed by atoms with Crippen molar-refractivity contribution in [3.8, 4) is 0 Å². The van der Waals surface area contributed by atoms with E-state index in [2.05, 4.69) is 10.3 Å². The molecule has 0 bridgehead atoms. The molecule has 25 heavy (non-hydrogen) atoms. The van der Waals surface area contributed by atoms with Gasteiger partial charge in [-0.3, -0.25) is 9.59 Å². The van der Waals surface area contributed by atoms with Gasteiger partial charge in [-0.2, -0.15) is 0 Å². The predicted octanol–water partition coefficient (Wildman–Crippen LogP) is 2.64. The number of piperidine rings is 2. The minimum Gasteiger partial charge on any atom is -0.481 e. The molecule has 3 aliphatic rings. The highest BCUT2D eigenvalue weighted by Crippen LogP contribution is 2.43. The lowest BCUT2D eigenvalue weighted by Crippen LogP contribution is -2.63. The third-order valence-corrected chi connectivity index (χ3v) is 7.59. The molecule has 1 aromatic heterocycles. The van der Waals surface area contributed by atoms with Gasteiger partial charge in [0.15, 0.2) is 0 Å². The molecule has 2 aliphatic heterocycles. The number of rotatable bonds is 2. The van der Waals surface area contributed by atoms with Crippen LogP contribution in [-0.4, -0.2) is 59.5 Å². The first kappa shape index (κ1) is 17.0. The molecule has 2 fully saturated rings. The second-order valence-corrected chi connectivity index (χ2v) is 8.72. The summed E-state index contributed by atoms with van der Waals surface area (Å²) in [4.78, 5) is 30.1. The molecule has 0 spiro atoms. The van der Waals surface area contributed by atoms with Crippen LogP contribution < -0.4 is 0 Å². The highest BCUT2D eigenvalue weighted by molar-refractivity contribution is 7.12. The molecule has 2 atom stereocenters. The zero-order valence-electron chi connectivity index (χ0n) is 14.8. The Bertz CT molecular complexity index is 701. The maximum atomic E-state index is 13.2. The Hall–Kier alpha value is -1.40. The monoisotopic (exact) mass is 362 g/mol. The average molecular weight is 362 g/mol. The highest BCUT2D eigenvalue weighted by Gasteiger charge is 2.53. The van der Waals surface area contributed by atoms with E-state index >= 15 is 0 Å². The van der Waals surface area contributed by atoms with Crippen LogP contribution >= 0.6 is 11.3 Å². The van der Waals surface area contributed by atoms with Gasteiger partial charge in [0.1, 0.15) is 0 Å². The van der Waals surface area contributed by atoms with Crippen LogP contribution in [0.25, 0.3) is 0 Å². The number of nitrogens with zero attached hydrogens (tertiary/aromatic N) is 2. The quantitative estimate of drug-likeness (QED) is 0.879. The number of thiophene rings is 1. The molecule has 136 valence electrons. The molecule has 0 aromatic carbocycles. The van der Waals surface area contributed by atoms with E-state index in [0.717, 1.165) is 43.5 Å². The van der Waals surface area contributed by atoms with Gasteiger partial charge in [0.25, 0.3) is 5.91 Å². The summed E-state index contributed by atoms with van der Waals surface area (Å²) in [7, 11) is 2.00. The molecule has 1 aliphatic carbocycles. The molecule has 0 unspecified atom stereocenters. The Balaban J connectivity index is 1.58. The number of carbonyl (C=O) groups excluding carboxylic acids is 1. The van der Waals surface area contributed by atoms with Crippen molar-refractivity contribution in [3.05, 3.63) is 21.4 Å². The van der Waals surface area contributed by atoms with Crippen molar-refractivity contribution in [3.63, 3.8) is 0 Å². The highest BCUT2D eigenvalue weighted by atomic mass is 32.1. The summed E-state index contributed by atoms with van der Waals surface area (Å²) in [5.74, 6) is -0.573. The number of fused-ring (bicyclic) bond motifs is 2. The van der Waals surface area contributed by atoms with Crippen LogP contribution in [0.15, 0.2) is 5.38 Å². The van der Waals surface area contributed by atoms with Gasteiger partial charge in [-0.15, -0.1) is 11.3 Å². The minimum absolute atomic E-state index is 0.0766. The summed E-state index contributed by atoms with van der Waals surface area (Å²) < 4.78 is 0. The fourth-order valence-corrected chi connectivity index (χ4v) is 6.14. The first-order valence-electron chi connectivity index (χ1n) is 9.35. The van der Waals surface area contributed by atoms with Crippen LogP contribution in [0, 0.1) is 5.41 Å². The number of aryl methyl sites for hydroxylation is 1. The van der Waals surface area contributed by atoms with Crippen LogP contribution in [0.3, 0.4) is 0 Å². The smallest absolute Gasteiger partial charge is 0.311 e. The minimum atomic E-state index is -0.690. The SMILES string of the molecule is CN1CCC[C@]2(C(=O)O)CCN(C(=O)c3scc4c3CCCC4)C[C@@H]12. The lowest BCUT2D eigenvalue weighted by atomic mass is 9.68. The van der Waals surface area contributed by atoms with Crippen molar-refractivity contribution in [2.45, 2.75) is 51.0 Å². The van der Waals surface area contributed by atoms with Gasteiger partial charge in [0.05, 0.1) is 10.3 Å². The molecule has 0 saturated carbocycles. The van der Waals surface area contributed by atoms with Crippen molar-refractivity contribution in [1.82, 2.24) is 9.80 Å². The normalized spacial score (nSPS) is 29.8. The van der Waals surface area contributed by atoms with Crippen LogP contribution in [0.5, 0.6) is 0 Å². The summed E-state index contributed by atoms with van der Waals surface area (Å²) in [6, 6.07) is -0.0766. The number of hydrogen-bond acceptors (Lipinski definition) is 4. The first-order chi connectivity index (χ1) is 12.0. The van der Waals surface area contributed by atoms with Crippen molar-refractivity contribution in [2.75, 3.05) is 26.7 Å². The maximum Gasteiger partial charge on any atom is 0.311 e. The van der Waals surface area contributed by atoms with Gasteiger partial charge in [0, 0.05) is 19.1 Å². The first-order valence-corrected chi connectivity index (χ1v) is 10.2. The molecule has 2 saturated heterocycles. The van der Waals surface area contributed by atoms with Gasteiger partial charge in [0.2, 0.25) is 0 Å². The number of aliphatic carboxylic acids is 1. The Kier molecular flexibility index (Phi) is 4.36. The number of carbonyl (C=O) groups is 2. The van der Waals surface area contributed by atoms with Gasteiger partial charge < -0.3 is 14.9 Å². The van der Waals surface area contributed by atoms with E-state index in [1.807, 2.05) is 11.9 Å². The second kappa shape index (κ2) is 6.40. The van der Waals surface area contributed by atoms with E-state index in [-0.39, 0.29) is 11.9 Å². The maximum absolute atomic E-state index is 13.2. The second-order valence-electron chi connectivity index (χ2n) is 7.84. The number of likely N-dealkylation sites (N-methyl/N-ethyl adjacent to an activating group) is 1. The summed E-state index contributed by atoms with van der Waals surface area (Å²) in [6.07, 6.45) is 6.70. The number of hydrogen-bond donors (Lipinski definition) is 1. The van der Waals surface area contributed by atoms with Gasteiger partial charge >= 0.3 is 5.97 Å². The van der Waals surface area contributed by atoms with Crippen LogP contribution in [0.1, 0.15) is 52.9 Å². The lowest BCUT2D eigenvalue weighted by molar-refractivity contribution is -0.161. The molecule has 6 heteroatoms. The largest absolute Gasteiger partial charge is 0.481 e. The molecule has 1 aromatic rings. The summed E-state index contributed by atoms with van der Waals surface area (Å²) in [5, 5.41) is 12.0. The van der Waals surface area contributed by atoms with Gasteiger partial charge in [-0.1, -0.05) is 0 Å². The standard InChI is InChI=1S/C19H26N2O3S/c1-20-9-4-7-19(18(23)24)8-10-21(11-15(19)20)17(22)16-14-6-3-2-5-13(14)12-25-16/h12,15H,2-11H2,1H3,(H,23,24)/t15-,19+/m1/s1. The molecule has 3 heterocycles. The van der Waals surface area contributed by atoms with E-state index in [1.165, 1.54) is 17.5 Å². The number of amides is 1. The average Bonchev–Trinajstić information content (AvgIpc) is 3.05. The molecular weight excluding hydrogens is 336 g/mol. The van der Waals surface area contributed by atoms with Crippen LogP contribution in [-0.2, 0) is 17.6 Å². The fourth-order valence-electron chi connectivity index (χ4n) is 5.01. The number of likely N-dealkylation sites (tertiary alicyclic amines) is 2. The Morgan fingerprint density at radius 2 is 2.00 bits per heavy atom. The Morgan fingerprint density at radius 3 is 2.80 bits per heavy atom. The molecule has 1 N–H and O–H groups in total. The molecule has 1 amide bonds. The number of carboxylic acid groups (broad SMARTS) is 1. The molecule has 4 rings (SSSR count). The summed E-state index contributed by atoms with van der Waals surface area (Å²) in [6.45, 7) is 2.01. The zero-order chi connectivity index (χ0) is 17.6. The molecular formula is C19H26N2O3S. The van der Waals surface area contributed by atoms with E-state index in [9.17, 15) is 14.7 Å². The van der Waals surface area contributed by atoms with E-state index < -0.39 is 11.4 Å². The topological polar surface area (TPSA) is 60.9 Å². The van der Waals surface area contributed by atoms with Crippen molar-refractivity contribution in [1.29, 1.82) is 0 Å². The van der Waals surface area contributed by atoms with Crippen molar-refractivity contribution in [2.24, 2.45) is 5.41 Å². The molecule has 0 radical (unpaired) electrons. The van der Waals surface area contributed by atoms with Crippen molar-refractivity contribution < 1.29 is 14.7 Å². The zero-order valence-corrected chi connectivity index (χ0v) is 15.6. The third kappa shape index (κ3) is 2.70. The Labute approximate surface area is 152 Å². The lowest BCUT2D eigenvalue weighted by Gasteiger charge is -2.51. The van der Waals surface area contributed by atoms with E-state index in [1.54, 1.807) is 11.3 Å². The van der Waals surface area contributed by atoms with Crippen LogP contribution in [0.4, 0.5) is 0 Å². The van der Waals surface area contributed by atoms with E-state index in [4.69, 9.17) is 0 Å². The number of carboxylic acids is 1. The van der Waals surface area contributed by atoms with Gasteiger partial charge in [-0.25, -0.2) is 0 Å².